The van der Waals surface area contributed by atoms with Crippen LogP contribution in [-0.2, 0) is 16.1 Å². The van der Waals surface area contributed by atoms with Crippen LogP contribution in [0.25, 0.3) is 0 Å². The summed E-state index contributed by atoms with van der Waals surface area (Å²) in [7, 11) is 0. The zero-order chi connectivity index (χ0) is 17.7. The summed E-state index contributed by atoms with van der Waals surface area (Å²) in [6.07, 6.45) is 1.45. The van der Waals surface area contributed by atoms with Gasteiger partial charge in [-0.25, -0.2) is 4.98 Å². The van der Waals surface area contributed by atoms with E-state index < -0.39 is 0 Å². The Labute approximate surface area is 143 Å². The summed E-state index contributed by atoms with van der Waals surface area (Å²) < 4.78 is 6.70. The molecule has 134 valence electrons. The van der Waals surface area contributed by atoms with E-state index in [1.165, 1.54) is 17.0 Å². The highest BCUT2D eigenvalue weighted by molar-refractivity contribution is 5.75. The van der Waals surface area contributed by atoms with Crippen LogP contribution < -0.4 is 10.9 Å². The molecular weight excluding hydrogens is 308 g/mol. The number of ether oxygens (including phenoxy) is 1. The third-order valence-corrected chi connectivity index (χ3v) is 4.39. The zero-order valence-electron chi connectivity index (χ0n) is 15.0. The maximum absolute atomic E-state index is 12.2. The molecule has 0 unspecified atom stereocenters. The van der Waals surface area contributed by atoms with Gasteiger partial charge in [0, 0.05) is 31.2 Å². The highest BCUT2D eigenvalue weighted by Crippen LogP contribution is 2.15. The smallest absolute Gasteiger partial charge is 0.254 e. The Kier molecular flexibility index (Phi) is 6.12. The van der Waals surface area contributed by atoms with Crippen molar-refractivity contribution < 1.29 is 9.53 Å². The van der Waals surface area contributed by atoms with Crippen molar-refractivity contribution in [2.24, 2.45) is 0 Å². The zero-order valence-corrected chi connectivity index (χ0v) is 15.0. The molecule has 1 N–H and O–H groups in total. The lowest BCUT2D eigenvalue weighted by Gasteiger charge is -2.40. The Morgan fingerprint density at radius 3 is 2.62 bits per heavy atom. The lowest BCUT2D eigenvalue weighted by Crippen LogP contribution is -2.55. The molecule has 0 aliphatic carbocycles. The predicted octanol–water partition coefficient (Wildman–Crippen LogP) is 0.594. The van der Waals surface area contributed by atoms with Crippen molar-refractivity contribution in [2.75, 3.05) is 32.8 Å². The average molecular weight is 336 g/mol. The van der Waals surface area contributed by atoms with E-state index in [1.807, 2.05) is 13.8 Å². The van der Waals surface area contributed by atoms with E-state index in [4.69, 9.17) is 4.74 Å². The molecule has 1 fully saturated rings. The molecule has 7 heteroatoms. The topological polar surface area (TPSA) is 76.5 Å². The number of amides is 1. The Hall–Kier alpha value is -1.73. The minimum Gasteiger partial charge on any atom is -0.379 e. The molecule has 0 radical (unpaired) electrons. The van der Waals surface area contributed by atoms with Crippen LogP contribution in [0.3, 0.4) is 0 Å². The Bertz CT molecular complexity index is 619. The van der Waals surface area contributed by atoms with Gasteiger partial charge in [-0.3, -0.25) is 19.1 Å². The van der Waals surface area contributed by atoms with Crippen LogP contribution in [0.4, 0.5) is 0 Å². The summed E-state index contributed by atoms with van der Waals surface area (Å²) in [5.74, 6) is 0.00743. The third-order valence-electron chi connectivity index (χ3n) is 4.39. The predicted molar refractivity (Wildman–Crippen MR) is 92.1 cm³/mol. The number of hydrogen-bond acceptors (Lipinski definition) is 5. The molecule has 0 bridgehead atoms. The van der Waals surface area contributed by atoms with Gasteiger partial charge in [0.15, 0.2) is 0 Å². The maximum Gasteiger partial charge on any atom is 0.254 e. The highest BCUT2D eigenvalue weighted by Gasteiger charge is 2.28. The van der Waals surface area contributed by atoms with Gasteiger partial charge < -0.3 is 10.1 Å². The molecule has 1 aliphatic rings. The monoisotopic (exact) mass is 336 g/mol. The van der Waals surface area contributed by atoms with Gasteiger partial charge in [0.1, 0.15) is 6.54 Å². The fraction of sp³-hybridized carbons (Fsp3) is 0.706. The summed E-state index contributed by atoms with van der Waals surface area (Å²) in [5, 5.41) is 2.92. The summed E-state index contributed by atoms with van der Waals surface area (Å²) >= 11 is 0. The second-order valence-corrected chi connectivity index (χ2v) is 7.12. The van der Waals surface area contributed by atoms with Crippen molar-refractivity contribution in [3.63, 3.8) is 0 Å². The van der Waals surface area contributed by atoms with Gasteiger partial charge in [0.2, 0.25) is 5.91 Å². The van der Waals surface area contributed by atoms with Crippen LogP contribution in [0, 0.1) is 0 Å². The molecule has 0 atom stereocenters. The minimum atomic E-state index is -0.198. The lowest BCUT2D eigenvalue weighted by molar-refractivity contribution is -0.122. The van der Waals surface area contributed by atoms with Gasteiger partial charge in [-0.05, 0) is 19.8 Å². The number of hydrogen-bond donors (Lipinski definition) is 1. The average Bonchev–Trinajstić information content (AvgIpc) is 2.55. The normalized spacial score (nSPS) is 16.4. The molecule has 1 saturated heterocycles. The first-order valence-electron chi connectivity index (χ1n) is 8.45. The van der Waals surface area contributed by atoms with Crippen molar-refractivity contribution in [3.8, 4) is 0 Å². The Balaban J connectivity index is 1.90. The number of aromatic nitrogens is 2. The molecule has 24 heavy (non-hydrogen) atoms. The summed E-state index contributed by atoms with van der Waals surface area (Å²) in [6.45, 7) is 11.8. The Morgan fingerprint density at radius 1 is 1.38 bits per heavy atom. The van der Waals surface area contributed by atoms with Crippen LogP contribution >= 0.6 is 0 Å². The SMILES string of the molecule is CC(C)c1cc(=O)n(CC(=O)NCC(C)(C)N2CCOCC2)cn1. The van der Waals surface area contributed by atoms with E-state index in [0.29, 0.717) is 6.54 Å². The van der Waals surface area contributed by atoms with E-state index in [1.54, 1.807) is 0 Å². The number of nitrogens with zero attached hydrogens (tertiary/aromatic N) is 3. The standard InChI is InChI=1S/C17H28N4O3/c1-13(2)14-9-16(23)20(12-19-14)10-15(22)18-11-17(3,4)21-5-7-24-8-6-21/h9,12-13H,5-8,10-11H2,1-4H3,(H,18,22). The van der Waals surface area contributed by atoms with E-state index in [2.05, 4.69) is 29.0 Å². The summed E-state index contributed by atoms with van der Waals surface area (Å²) in [5.41, 5.74) is 0.394. The molecule has 1 aliphatic heterocycles. The van der Waals surface area contributed by atoms with Crippen molar-refractivity contribution >= 4 is 5.91 Å². The number of carbonyl (C=O) groups excluding carboxylic acids is 1. The fourth-order valence-corrected chi connectivity index (χ4v) is 2.68. The van der Waals surface area contributed by atoms with Crippen LogP contribution in [0.15, 0.2) is 17.2 Å². The van der Waals surface area contributed by atoms with E-state index in [9.17, 15) is 9.59 Å². The molecule has 2 rings (SSSR count). The number of nitrogens with one attached hydrogen (secondary N) is 1. The molecular formula is C17H28N4O3. The van der Waals surface area contributed by atoms with Crippen LogP contribution in [0.1, 0.15) is 39.3 Å². The molecule has 2 heterocycles. The van der Waals surface area contributed by atoms with Gasteiger partial charge in [-0.2, -0.15) is 0 Å². The largest absolute Gasteiger partial charge is 0.379 e. The van der Waals surface area contributed by atoms with E-state index in [0.717, 1.165) is 32.0 Å². The summed E-state index contributed by atoms with van der Waals surface area (Å²) in [4.78, 5) is 30.8. The van der Waals surface area contributed by atoms with Crippen molar-refractivity contribution in [1.82, 2.24) is 19.8 Å². The number of rotatable bonds is 6. The molecule has 1 aromatic heterocycles. The highest BCUT2D eigenvalue weighted by atomic mass is 16.5. The van der Waals surface area contributed by atoms with Gasteiger partial charge in [0.25, 0.3) is 5.56 Å². The first kappa shape index (κ1) is 18.6. The van der Waals surface area contributed by atoms with Crippen molar-refractivity contribution in [1.29, 1.82) is 0 Å². The van der Waals surface area contributed by atoms with E-state index in [-0.39, 0.29) is 29.5 Å². The summed E-state index contributed by atoms with van der Waals surface area (Å²) in [6, 6.07) is 1.50. The minimum absolute atomic E-state index is 0.0105. The van der Waals surface area contributed by atoms with Gasteiger partial charge in [0.05, 0.1) is 25.2 Å². The third kappa shape index (κ3) is 4.88. The molecule has 1 amide bonds. The van der Waals surface area contributed by atoms with Crippen molar-refractivity contribution in [3.05, 3.63) is 28.4 Å². The van der Waals surface area contributed by atoms with Crippen LogP contribution in [0.2, 0.25) is 0 Å². The number of morpholine rings is 1. The van der Waals surface area contributed by atoms with E-state index >= 15 is 0 Å². The lowest BCUT2D eigenvalue weighted by atomic mass is 10.0. The van der Waals surface area contributed by atoms with Crippen LogP contribution in [-0.4, -0.2) is 58.7 Å². The Morgan fingerprint density at radius 2 is 2.04 bits per heavy atom. The molecule has 0 aromatic carbocycles. The first-order valence-corrected chi connectivity index (χ1v) is 8.45. The van der Waals surface area contributed by atoms with Gasteiger partial charge >= 0.3 is 0 Å². The van der Waals surface area contributed by atoms with Crippen LogP contribution in [0.5, 0.6) is 0 Å². The second-order valence-electron chi connectivity index (χ2n) is 7.12. The fourth-order valence-electron chi connectivity index (χ4n) is 2.68. The van der Waals surface area contributed by atoms with Gasteiger partial charge in [-0.1, -0.05) is 13.8 Å². The van der Waals surface area contributed by atoms with Crippen molar-refractivity contribution in [2.45, 2.75) is 45.7 Å². The molecule has 0 saturated carbocycles. The molecule has 0 spiro atoms. The molecule has 7 nitrogen and oxygen atoms in total. The number of carbonyl (C=O) groups is 1. The van der Waals surface area contributed by atoms with Gasteiger partial charge in [-0.15, -0.1) is 0 Å². The maximum atomic E-state index is 12.2. The quantitative estimate of drug-likeness (QED) is 0.823. The second kappa shape index (κ2) is 7.90. The first-order chi connectivity index (χ1) is 11.3. The molecule has 1 aromatic rings.